The lowest BCUT2D eigenvalue weighted by Crippen LogP contribution is -2.50. The normalized spacial score (nSPS) is 23.6. The van der Waals surface area contributed by atoms with E-state index in [1.807, 2.05) is 11.9 Å². The number of aromatic nitrogens is 1. The third kappa shape index (κ3) is 3.79. The van der Waals surface area contributed by atoms with Crippen molar-refractivity contribution in [2.24, 2.45) is 5.92 Å². The van der Waals surface area contributed by atoms with E-state index in [1.54, 1.807) is 11.1 Å². The number of benzene rings is 1. The Bertz CT molecular complexity index is 915. The maximum absolute atomic E-state index is 12.2. The summed E-state index contributed by atoms with van der Waals surface area (Å²) >= 11 is 0. The van der Waals surface area contributed by atoms with Crippen molar-refractivity contribution in [3.63, 3.8) is 0 Å². The van der Waals surface area contributed by atoms with E-state index >= 15 is 0 Å². The van der Waals surface area contributed by atoms with Crippen LogP contribution in [-0.2, 0) is 11.2 Å². The van der Waals surface area contributed by atoms with Crippen molar-refractivity contribution in [2.45, 2.75) is 78.2 Å². The lowest BCUT2D eigenvalue weighted by atomic mass is 9.71. The molecule has 2 aromatic rings. The second-order valence-corrected chi connectivity index (χ2v) is 9.78. The Morgan fingerprint density at radius 3 is 2.77 bits per heavy atom. The van der Waals surface area contributed by atoms with Crippen molar-refractivity contribution in [1.82, 2.24) is 14.8 Å². The highest BCUT2D eigenvalue weighted by Gasteiger charge is 2.41. The molecule has 1 fully saturated rings. The molecule has 1 unspecified atom stereocenters. The van der Waals surface area contributed by atoms with E-state index in [9.17, 15) is 4.79 Å². The second kappa shape index (κ2) is 8.74. The van der Waals surface area contributed by atoms with Gasteiger partial charge in [-0.1, -0.05) is 26.0 Å². The van der Waals surface area contributed by atoms with Gasteiger partial charge in [0.2, 0.25) is 5.91 Å². The summed E-state index contributed by atoms with van der Waals surface area (Å²) in [5, 5.41) is 1.51. The van der Waals surface area contributed by atoms with E-state index in [0.29, 0.717) is 30.2 Å². The summed E-state index contributed by atoms with van der Waals surface area (Å²) in [7, 11) is 1.98. The van der Waals surface area contributed by atoms with Gasteiger partial charge >= 0.3 is 0 Å². The quantitative estimate of drug-likeness (QED) is 0.685. The highest BCUT2D eigenvalue weighted by Crippen LogP contribution is 2.46. The number of H-pyrrole nitrogens is 1. The standard InChI is InChI=1S/C26H39N3O/c1-6-8-24(30)28(5)13-11-19-14-22-20-10-9-17(3)26-25(20)21(18(4)27-26)15-23(22)29(16-19)12-7-2/h9-10,19,22-23,27H,6-8,11-16H2,1-5H3/t19-,22?,23+/m0/s1. The minimum Gasteiger partial charge on any atom is -0.358 e. The van der Waals surface area contributed by atoms with Gasteiger partial charge in [-0.25, -0.2) is 0 Å². The highest BCUT2D eigenvalue weighted by molar-refractivity contribution is 5.92. The Morgan fingerprint density at radius 2 is 2.03 bits per heavy atom. The summed E-state index contributed by atoms with van der Waals surface area (Å²) in [6.07, 6.45) is 6.35. The number of nitrogens with one attached hydrogen (secondary N) is 1. The number of hydrogen-bond acceptors (Lipinski definition) is 2. The van der Waals surface area contributed by atoms with Crippen molar-refractivity contribution in [1.29, 1.82) is 0 Å². The molecule has 164 valence electrons. The van der Waals surface area contributed by atoms with Gasteiger partial charge in [0, 0.05) is 55.1 Å². The molecule has 4 nitrogen and oxygen atoms in total. The molecule has 2 aliphatic rings. The molecule has 1 aliphatic heterocycles. The molecule has 0 spiro atoms. The number of nitrogens with zero attached hydrogens (tertiary/aromatic N) is 2. The van der Waals surface area contributed by atoms with Crippen LogP contribution in [0.2, 0.25) is 0 Å². The topological polar surface area (TPSA) is 39.3 Å². The summed E-state index contributed by atoms with van der Waals surface area (Å²) in [6, 6.07) is 5.34. The molecule has 0 bridgehead atoms. The maximum atomic E-state index is 12.2. The number of aromatic amines is 1. The third-order valence-electron chi connectivity index (χ3n) is 7.61. The summed E-state index contributed by atoms with van der Waals surface area (Å²) in [6.45, 7) is 12.1. The first-order valence-electron chi connectivity index (χ1n) is 12.0. The molecule has 1 saturated heterocycles. The predicted octanol–water partition coefficient (Wildman–Crippen LogP) is 5.17. The van der Waals surface area contributed by atoms with Crippen LogP contribution in [-0.4, -0.2) is 53.4 Å². The molecule has 0 radical (unpaired) electrons. The average Bonchev–Trinajstić information content (AvgIpc) is 3.06. The Kier molecular flexibility index (Phi) is 6.24. The molecule has 4 rings (SSSR count). The minimum atomic E-state index is 0.293. The van der Waals surface area contributed by atoms with Crippen molar-refractivity contribution >= 4 is 16.8 Å². The molecule has 1 aromatic carbocycles. The van der Waals surface area contributed by atoms with Gasteiger partial charge in [0.25, 0.3) is 0 Å². The molecule has 0 saturated carbocycles. The van der Waals surface area contributed by atoms with Gasteiger partial charge < -0.3 is 9.88 Å². The first kappa shape index (κ1) is 21.4. The number of aryl methyl sites for hydroxylation is 2. The fraction of sp³-hybridized carbons (Fsp3) is 0.654. The van der Waals surface area contributed by atoms with E-state index in [-0.39, 0.29) is 0 Å². The van der Waals surface area contributed by atoms with Crippen LogP contribution in [0.15, 0.2) is 12.1 Å². The van der Waals surface area contributed by atoms with Crippen LogP contribution in [0.4, 0.5) is 0 Å². The van der Waals surface area contributed by atoms with Crippen LogP contribution in [0.25, 0.3) is 10.9 Å². The lowest BCUT2D eigenvalue weighted by Gasteiger charge is -2.47. The molecule has 30 heavy (non-hydrogen) atoms. The molecule has 1 amide bonds. The number of carbonyl (C=O) groups is 1. The van der Waals surface area contributed by atoms with Crippen molar-refractivity contribution in [3.05, 3.63) is 34.5 Å². The second-order valence-electron chi connectivity index (χ2n) is 9.78. The van der Waals surface area contributed by atoms with Crippen LogP contribution >= 0.6 is 0 Å². The van der Waals surface area contributed by atoms with Gasteiger partial charge in [-0.05, 0) is 75.1 Å². The molecule has 1 N–H and O–H groups in total. The van der Waals surface area contributed by atoms with Crippen molar-refractivity contribution in [2.75, 3.05) is 26.7 Å². The number of piperidine rings is 1. The average molecular weight is 410 g/mol. The van der Waals surface area contributed by atoms with E-state index < -0.39 is 0 Å². The van der Waals surface area contributed by atoms with Crippen molar-refractivity contribution in [3.8, 4) is 0 Å². The summed E-state index contributed by atoms with van der Waals surface area (Å²) in [5.74, 6) is 1.56. The van der Waals surface area contributed by atoms with E-state index in [1.165, 1.54) is 54.5 Å². The molecular formula is C26H39N3O. The third-order valence-corrected chi connectivity index (χ3v) is 7.61. The largest absolute Gasteiger partial charge is 0.358 e. The van der Waals surface area contributed by atoms with Crippen LogP contribution in [0.5, 0.6) is 0 Å². The van der Waals surface area contributed by atoms with Gasteiger partial charge in [0.15, 0.2) is 0 Å². The molecule has 3 atom stereocenters. The van der Waals surface area contributed by atoms with Gasteiger partial charge in [-0.3, -0.25) is 9.69 Å². The van der Waals surface area contributed by atoms with Crippen LogP contribution < -0.4 is 0 Å². The summed E-state index contributed by atoms with van der Waals surface area (Å²) in [5.41, 5.74) is 7.18. The fourth-order valence-electron chi connectivity index (χ4n) is 6.01. The zero-order valence-electron chi connectivity index (χ0n) is 19.6. The Morgan fingerprint density at radius 1 is 1.23 bits per heavy atom. The van der Waals surface area contributed by atoms with E-state index in [2.05, 4.69) is 49.7 Å². The first-order valence-corrected chi connectivity index (χ1v) is 12.0. The zero-order chi connectivity index (χ0) is 21.4. The SMILES string of the molecule is CCCC(=O)N(C)CC[C@H]1CC2c3ccc(C)c4[nH]c(C)c(c34)C[C@H]2N(CCC)C1. The van der Waals surface area contributed by atoms with Crippen LogP contribution in [0, 0.1) is 19.8 Å². The van der Waals surface area contributed by atoms with Gasteiger partial charge in [0.05, 0.1) is 0 Å². The number of likely N-dealkylation sites (tertiary alicyclic amines) is 1. The fourth-order valence-corrected chi connectivity index (χ4v) is 6.01. The number of carbonyl (C=O) groups excluding carboxylic acids is 1. The molecular weight excluding hydrogens is 370 g/mol. The van der Waals surface area contributed by atoms with Crippen LogP contribution in [0.3, 0.4) is 0 Å². The zero-order valence-corrected chi connectivity index (χ0v) is 19.6. The predicted molar refractivity (Wildman–Crippen MR) is 125 cm³/mol. The number of fused-ring (bicyclic) bond motifs is 2. The molecule has 2 heterocycles. The minimum absolute atomic E-state index is 0.293. The highest BCUT2D eigenvalue weighted by atomic mass is 16.2. The van der Waals surface area contributed by atoms with Gasteiger partial charge in [0.1, 0.15) is 0 Å². The monoisotopic (exact) mass is 409 g/mol. The Labute approximate surface area is 182 Å². The molecule has 1 aromatic heterocycles. The molecule has 1 aliphatic carbocycles. The Balaban J connectivity index is 1.59. The summed E-state index contributed by atoms with van der Waals surface area (Å²) < 4.78 is 0. The number of amides is 1. The smallest absolute Gasteiger partial charge is 0.222 e. The lowest BCUT2D eigenvalue weighted by molar-refractivity contribution is -0.130. The van der Waals surface area contributed by atoms with E-state index in [4.69, 9.17) is 0 Å². The number of rotatable bonds is 7. The number of hydrogen-bond donors (Lipinski definition) is 1. The first-order chi connectivity index (χ1) is 14.4. The summed E-state index contributed by atoms with van der Waals surface area (Å²) in [4.78, 5) is 20.6. The Hall–Kier alpha value is -1.81. The van der Waals surface area contributed by atoms with Gasteiger partial charge in [-0.15, -0.1) is 0 Å². The van der Waals surface area contributed by atoms with Gasteiger partial charge in [-0.2, -0.15) is 0 Å². The van der Waals surface area contributed by atoms with E-state index in [0.717, 1.165) is 19.4 Å². The molecule has 4 heteroatoms. The van der Waals surface area contributed by atoms with Crippen LogP contribution in [0.1, 0.15) is 74.3 Å². The van der Waals surface area contributed by atoms with Crippen molar-refractivity contribution < 1.29 is 4.79 Å². The maximum Gasteiger partial charge on any atom is 0.222 e.